The molecule has 0 spiro atoms. The van der Waals surface area contributed by atoms with Crippen LogP contribution in [0.3, 0.4) is 0 Å². The van der Waals surface area contributed by atoms with Crippen LogP contribution in [-0.4, -0.2) is 0 Å². The summed E-state index contributed by atoms with van der Waals surface area (Å²) in [4.78, 5) is 0. The van der Waals surface area contributed by atoms with Crippen molar-refractivity contribution in [3.05, 3.63) is 54.1 Å². The maximum atomic E-state index is 4.22. The maximum Gasteiger partial charge on any atom is -0.0197 e. The summed E-state index contributed by atoms with van der Waals surface area (Å²) in [5.74, 6) is 1.84. The van der Waals surface area contributed by atoms with E-state index in [2.05, 4.69) is 43.0 Å². The third-order valence-electron chi connectivity index (χ3n) is 4.34. The normalized spacial score (nSPS) is 26.0. The fourth-order valence-electron chi connectivity index (χ4n) is 3.34. The summed E-state index contributed by atoms with van der Waals surface area (Å²) >= 11 is 0. The highest BCUT2D eigenvalue weighted by Crippen LogP contribution is 2.45. The highest BCUT2D eigenvalue weighted by atomic mass is 14.4. The Morgan fingerprint density at radius 2 is 2.00 bits per heavy atom. The van der Waals surface area contributed by atoms with Gasteiger partial charge in [0.05, 0.1) is 0 Å². The molecule has 2 atom stereocenters. The quantitative estimate of drug-likeness (QED) is 0.642. The van der Waals surface area contributed by atoms with Crippen molar-refractivity contribution in [2.75, 3.05) is 0 Å². The number of hydrogen-bond donors (Lipinski definition) is 0. The molecule has 2 aliphatic carbocycles. The molecule has 0 radical (unpaired) electrons. The molecule has 1 fully saturated rings. The average Bonchev–Trinajstić information content (AvgIpc) is 2.99. The van der Waals surface area contributed by atoms with E-state index < -0.39 is 0 Å². The minimum absolute atomic E-state index is 0.917. The Labute approximate surface area is 104 Å². The van der Waals surface area contributed by atoms with E-state index in [4.69, 9.17) is 0 Å². The van der Waals surface area contributed by atoms with Crippen molar-refractivity contribution >= 4 is 5.57 Å². The summed E-state index contributed by atoms with van der Waals surface area (Å²) in [6.45, 7) is 4.22. The molecule has 0 aliphatic heterocycles. The summed E-state index contributed by atoms with van der Waals surface area (Å²) in [7, 11) is 0. The minimum Gasteiger partial charge on any atom is -0.0952 e. The molecule has 17 heavy (non-hydrogen) atoms. The van der Waals surface area contributed by atoms with Crippen molar-refractivity contribution < 1.29 is 0 Å². The molecule has 3 rings (SSSR count). The second-order valence-corrected chi connectivity index (χ2v) is 5.48. The second-order valence-electron chi connectivity index (χ2n) is 5.48. The van der Waals surface area contributed by atoms with Gasteiger partial charge in [-0.1, -0.05) is 48.6 Å². The van der Waals surface area contributed by atoms with Gasteiger partial charge in [0, 0.05) is 0 Å². The van der Waals surface area contributed by atoms with Gasteiger partial charge in [0.15, 0.2) is 0 Å². The zero-order valence-corrected chi connectivity index (χ0v) is 10.4. The smallest absolute Gasteiger partial charge is 0.0197 e. The van der Waals surface area contributed by atoms with E-state index in [0.717, 1.165) is 18.3 Å². The standard InChI is InChI=1S/C17H20/c1-13(15-5-3-2-4-6-15)7-9-16-11-14-8-10-17(16)12-14/h2-6,11,14,17H,1,7-10,12H2. The van der Waals surface area contributed by atoms with Crippen molar-refractivity contribution in [1.82, 2.24) is 0 Å². The zero-order chi connectivity index (χ0) is 11.7. The third-order valence-corrected chi connectivity index (χ3v) is 4.34. The van der Waals surface area contributed by atoms with E-state index in [9.17, 15) is 0 Å². The van der Waals surface area contributed by atoms with Crippen molar-refractivity contribution in [1.29, 1.82) is 0 Å². The Balaban J connectivity index is 1.59. The first kappa shape index (κ1) is 10.8. The lowest BCUT2D eigenvalue weighted by Gasteiger charge is -2.14. The van der Waals surface area contributed by atoms with Gasteiger partial charge in [-0.25, -0.2) is 0 Å². The number of allylic oxidation sites excluding steroid dienone is 3. The number of fused-ring (bicyclic) bond motifs is 2. The molecule has 2 bridgehead atoms. The molecule has 0 saturated heterocycles. The molecule has 88 valence electrons. The van der Waals surface area contributed by atoms with E-state index in [-0.39, 0.29) is 0 Å². The molecule has 1 aromatic rings. The highest BCUT2D eigenvalue weighted by molar-refractivity contribution is 5.63. The van der Waals surface area contributed by atoms with Crippen molar-refractivity contribution in [2.24, 2.45) is 11.8 Å². The lowest BCUT2D eigenvalue weighted by molar-refractivity contribution is 0.629. The molecule has 1 saturated carbocycles. The molecule has 0 heteroatoms. The van der Waals surface area contributed by atoms with Crippen LogP contribution in [0.4, 0.5) is 0 Å². The maximum absolute atomic E-state index is 4.22. The monoisotopic (exact) mass is 224 g/mol. The van der Waals surface area contributed by atoms with E-state index in [1.807, 2.05) is 0 Å². The van der Waals surface area contributed by atoms with Crippen molar-refractivity contribution in [3.8, 4) is 0 Å². The van der Waals surface area contributed by atoms with E-state index >= 15 is 0 Å². The molecular weight excluding hydrogens is 204 g/mol. The van der Waals surface area contributed by atoms with Crippen molar-refractivity contribution in [3.63, 3.8) is 0 Å². The Kier molecular flexibility index (Phi) is 2.88. The Morgan fingerprint density at radius 1 is 1.18 bits per heavy atom. The fraction of sp³-hybridized carbons (Fsp3) is 0.412. The van der Waals surface area contributed by atoms with Gasteiger partial charge >= 0.3 is 0 Å². The van der Waals surface area contributed by atoms with Gasteiger partial charge in [-0.3, -0.25) is 0 Å². The van der Waals surface area contributed by atoms with E-state index in [1.54, 1.807) is 5.57 Å². The predicted octanol–water partition coefficient (Wildman–Crippen LogP) is 4.84. The molecule has 0 N–H and O–H groups in total. The van der Waals surface area contributed by atoms with Gasteiger partial charge in [-0.05, 0) is 55.1 Å². The molecule has 0 nitrogen and oxygen atoms in total. The Hall–Kier alpha value is -1.30. The zero-order valence-electron chi connectivity index (χ0n) is 10.4. The summed E-state index contributed by atoms with van der Waals surface area (Å²) < 4.78 is 0. The summed E-state index contributed by atoms with van der Waals surface area (Å²) in [5.41, 5.74) is 4.31. The van der Waals surface area contributed by atoms with Crippen LogP contribution in [0.15, 0.2) is 48.6 Å². The molecule has 2 aliphatic rings. The molecule has 2 unspecified atom stereocenters. The summed E-state index contributed by atoms with van der Waals surface area (Å²) in [5, 5.41) is 0. The van der Waals surface area contributed by atoms with Gasteiger partial charge in [-0.15, -0.1) is 0 Å². The largest absolute Gasteiger partial charge is 0.0952 e. The fourth-order valence-corrected chi connectivity index (χ4v) is 3.34. The summed E-state index contributed by atoms with van der Waals surface area (Å²) in [6, 6.07) is 10.6. The van der Waals surface area contributed by atoms with Gasteiger partial charge in [0.25, 0.3) is 0 Å². The second kappa shape index (κ2) is 4.52. The first-order valence-corrected chi connectivity index (χ1v) is 6.77. The Morgan fingerprint density at radius 3 is 2.65 bits per heavy atom. The first-order valence-electron chi connectivity index (χ1n) is 6.77. The number of rotatable bonds is 4. The topological polar surface area (TPSA) is 0 Å². The third kappa shape index (κ3) is 2.22. The van der Waals surface area contributed by atoms with E-state index in [1.165, 1.54) is 36.8 Å². The Bertz CT molecular complexity index is 438. The minimum atomic E-state index is 0.917. The molecular formula is C17H20. The van der Waals surface area contributed by atoms with Gasteiger partial charge in [0.1, 0.15) is 0 Å². The van der Waals surface area contributed by atoms with Gasteiger partial charge in [0.2, 0.25) is 0 Å². The average molecular weight is 224 g/mol. The molecule has 0 amide bonds. The van der Waals surface area contributed by atoms with Crippen LogP contribution in [0.5, 0.6) is 0 Å². The van der Waals surface area contributed by atoms with Crippen LogP contribution in [0.2, 0.25) is 0 Å². The van der Waals surface area contributed by atoms with Crippen LogP contribution in [0.1, 0.15) is 37.7 Å². The lowest BCUT2D eigenvalue weighted by Crippen LogP contribution is -1.97. The van der Waals surface area contributed by atoms with Crippen LogP contribution >= 0.6 is 0 Å². The van der Waals surface area contributed by atoms with Crippen LogP contribution < -0.4 is 0 Å². The van der Waals surface area contributed by atoms with Crippen LogP contribution in [0.25, 0.3) is 5.57 Å². The van der Waals surface area contributed by atoms with Gasteiger partial charge < -0.3 is 0 Å². The SMILES string of the molecule is C=C(CCC1=CC2CCC1C2)c1ccccc1. The van der Waals surface area contributed by atoms with Crippen LogP contribution in [0, 0.1) is 11.8 Å². The predicted molar refractivity (Wildman–Crippen MR) is 73.6 cm³/mol. The summed E-state index contributed by atoms with van der Waals surface area (Å²) in [6.07, 6.45) is 9.22. The molecule has 0 aromatic heterocycles. The number of benzene rings is 1. The number of hydrogen-bond acceptors (Lipinski definition) is 0. The van der Waals surface area contributed by atoms with Crippen molar-refractivity contribution in [2.45, 2.75) is 32.1 Å². The molecule has 0 heterocycles. The van der Waals surface area contributed by atoms with E-state index in [0.29, 0.717) is 0 Å². The lowest BCUT2D eigenvalue weighted by atomic mass is 9.92. The highest BCUT2D eigenvalue weighted by Gasteiger charge is 2.31. The van der Waals surface area contributed by atoms with Crippen LogP contribution in [-0.2, 0) is 0 Å². The molecule has 1 aromatic carbocycles. The first-order chi connectivity index (χ1) is 8.33. The van der Waals surface area contributed by atoms with Gasteiger partial charge in [-0.2, -0.15) is 0 Å².